The predicted molar refractivity (Wildman–Crippen MR) is 70.5 cm³/mol. The number of hydrogen-bond donors (Lipinski definition) is 3. The number of halogens is 2. The Bertz CT molecular complexity index is 721. The van der Waals surface area contributed by atoms with Crippen LogP contribution in [0, 0.1) is 11.6 Å². The first-order valence-electron chi connectivity index (χ1n) is 5.90. The number of carbonyl (C=O) groups is 2. The number of hydrogen-bond acceptors (Lipinski definition) is 4. The number of nitrogens with one attached hydrogen (secondary N) is 1. The average Bonchev–Trinajstić information content (AvgIpc) is 2.38. The highest BCUT2D eigenvalue weighted by molar-refractivity contribution is 5.94. The van der Waals surface area contributed by atoms with Crippen molar-refractivity contribution in [1.29, 1.82) is 0 Å². The molecule has 1 aromatic heterocycles. The molecule has 0 spiro atoms. The molecule has 1 amide bonds. The van der Waals surface area contributed by atoms with Crippen molar-refractivity contribution in [2.24, 2.45) is 5.73 Å². The lowest BCUT2D eigenvalue weighted by atomic mass is 10.1. The van der Waals surface area contributed by atoms with Crippen molar-refractivity contribution in [2.45, 2.75) is 12.5 Å². The third-order valence-electron chi connectivity index (χ3n) is 2.81. The number of pyridine rings is 1. The lowest BCUT2D eigenvalue weighted by Crippen LogP contribution is -2.34. The zero-order valence-corrected chi connectivity index (χ0v) is 10.6. The summed E-state index contributed by atoms with van der Waals surface area (Å²) < 4.78 is 26.9. The van der Waals surface area contributed by atoms with Crippen LogP contribution in [0.4, 0.5) is 14.6 Å². The van der Waals surface area contributed by atoms with Crippen LogP contribution in [0.5, 0.6) is 0 Å². The summed E-state index contributed by atoms with van der Waals surface area (Å²) in [6.45, 7) is 0. The molecule has 21 heavy (non-hydrogen) atoms. The molecule has 2 rings (SSSR count). The van der Waals surface area contributed by atoms with E-state index in [2.05, 4.69) is 10.3 Å². The molecular weight excluding hydrogens is 284 g/mol. The Morgan fingerprint density at radius 1 is 1.33 bits per heavy atom. The van der Waals surface area contributed by atoms with Crippen LogP contribution in [0.1, 0.15) is 6.42 Å². The number of primary amides is 1. The number of nitrogens with two attached hydrogens (primary N) is 1. The van der Waals surface area contributed by atoms with Gasteiger partial charge in [-0.25, -0.2) is 18.6 Å². The summed E-state index contributed by atoms with van der Waals surface area (Å²) in [5.74, 6) is -3.81. The first kappa shape index (κ1) is 14.6. The van der Waals surface area contributed by atoms with Crippen LogP contribution in [0.25, 0.3) is 10.8 Å². The molecule has 0 aliphatic heterocycles. The van der Waals surface area contributed by atoms with Gasteiger partial charge in [-0.2, -0.15) is 0 Å². The topological polar surface area (TPSA) is 105 Å². The molecule has 0 fully saturated rings. The number of fused-ring (bicyclic) bond motifs is 1. The van der Waals surface area contributed by atoms with Gasteiger partial charge in [-0.15, -0.1) is 0 Å². The molecule has 0 saturated carbocycles. The molecule has 0 aliphatic rings. The van der Waals surface area contributed by atoms with Gasteiger partial charge in [0.1, 0.15) is 23.5 Å². The van der Waals surface area contributed by atoms with Crippen molar-refractivity contribution in [3.05, 3.63) is 36.0 Å². The van der Waals surface area contributed by atoms with Crippen LogP contribution >= 0.6 is 0 Å². The van der Waals surface area contributed by atoms with E-state index < -0.39 is 36.0 Å². The monoisotopic (exact) mass is 295 g/mol. The van der Waals surface area contributed by atoms with Gasteiger partial charge in [0.05, 0.1) is 6.42 Å². The van der Waals surface area contributed by atoms with Gasteiger partial charge in [0, 0.05) is 23.0 Å². The third-order valence-corrected chi connectivity index (χ3v) is 2.81. The first-order valence-corrected chi connectivity index (χ1v) is 5.90. The fraction of sp³-hybridized carbons (Fsp3) is 0.154. The van der Waals surface area contributed by atoms with E-state index in [1.165, 1.54) is 12.3 Å². The largest absolute Gasteiger partial charge is 0.480 e. The average molecular weight is 295 g/mol. The number of carboxylic acids is 1. The van der Waals surface area contributed by atoms with Crippen LogP contribution < -0.4 is 11.1 Å². The summed E-state index contributed by atoms with van der Waals surface area (Å²) in [6, 6.07) is 1.73. The molecule has 1 atom stereocenters. The second-order valence-corrected chi connectivity index (χ2v) is 4.35. The van der Waals surface area contributed by atoms with Gasteiger partial charge in [-0.3, -0.25) is 4.79 Å². The third kappa shape index (κ3) is 3.22. The molecule has 8 heteroatoms. The highest BCUT2D eigenvalue weighted by atomic mass is 19.1. The summed E-state index contributed by atoms with van der Waals surface area (Å²) in [5, 5.41) is 11.6. The molecule has 1 heterocycles. The number of carboxylic acid groups (broad SMARTS) is 1. The van der Waals surface area contributed by atoms with E-state index >= 15 is 0 Å². The minimum atomic E-state index is -1.34. The van der Waals surface area contributed by atoms with E-state index in [0.29, 0.717) is 6.07 Å². The van der Waals surface area contributed by atoms with E-state index in [0.717, 1.165) is 6.07 Å². The lowest BCUT2D eigenvalue weighted by molar-refractivity contribution is -0.139. The maximum absolute atomic E-state index is 13.6. The highest BCUT2D eigenvalue weighted by Gasteiger charge is 2.21. The summed E-state index contributed by atoms with van der Waals surface area (Å²) in [4.78, 5) is 25.8. The van der Waals surface area contributed by atoms with Crippen molar-refractivity contribution in [3.8, 4) is 0 Å². The summed E-state index contributed by atoms with van der Waals surface area (Å²) >= 11 is 0. The molecule has 2 aromatic rings. The van der Waals surface area contributed by atoms with Gasteiger partial charge >= 0.3 is 5.97 Å². The molecule has 0 saturated heterocycles. The van der Waals surface area contributed by atoms with Gasteiger partial charge in [0.25, 0.3) is 0 Å². The number of aliphatic carboxylic acids is 1. The minimum Gasteiger partial charge on any atom is -0.480 e. The summed E-state index contributed by atoms with van der Waals surface area (Å²) in [7, 11) is 0. The number of carbonyl (C=O) groups excluding carboxylic acids is 1. The zero-order chi connectivity index (χ0) is 15.6. The van der Waals surface area contributed by atoms with Crippen molar-refractivity contribution < 1.29 is 23.5 Å². The van der Waals surface area contributed by atoms with Crippen molar-refractivity contribution in [3.63, 3.8) is 0 Å². The van der Waals surface area contributed by atoms with Crippen LogP contribution in [0.15, 0.2) is 24.4 Å². The summed E-state index contributed by atoms with van der Waals surface area (Å²) in [6.07, 6.45) is 0.764. The number of amides is 1. The Morgan fingerprint density at radius 3 is 2.67 bits per heavy atom. The number of nitrogens with zero attached hydrogens (tertiary/aromatic N) is 1. The smallest absolute Gasteiger partial charge is 0.326 e. The maximum Gasteiger partial charge on any atom is 0.326 e. The molecular formula is C13H11F2N3O3. The summed E-state index contributed by atoms with van der Waals surface area (Å²) in [5.41, 5.74) is 4.96. The first-order chi connectivity index (χ1) is 9.88. The molecule has 0 radical (unpaired) electrons. The molecule has 0 aliphatic carbocycles. The molecule has 110 valence electrons. The maximum atomic E-state index is 13.6. The van der Waals surface area contributed by atoms with Gasteiger partial charge in [0.15, 0.2) is 0 Å². The van der Waals surface area contributed by atoms with Crippen LogP contribution in [-0.2, 0) is 9.59 Å². The fourth-order valence-corrected chi connectivity index (χ4v) is 1.89. The highest BCUT2D eigenvalue weighted by Crippen LogP contribution is 2.25. The van der Waals surface area contributed by atoms with Crippen LogP contribution in [0.2, 0.25) is 0 Å². The second kappa shape index (κ2) is 5.70. The molecule has 6 nitrogen and oxygen atoms in total. The van der Waals surface area contributed by atoms with Gasteiger partial charge in [-0.05, 0) is 12.1 Å². The van der Waals surface area contributed by atoms with Crippen LogP contribution in [-0.4, -0.2) is 28.0 Å². The van der Waals surface area contributed by atoms with Crippen molar-refractivity contribution in [1.82, 2.24) is 4.98 Å². The van der Waals surface area contributed by atoms with E-state index in [1.807, 2.05) is 0 Å². The minimum absolute atomic E-state index is 0.0421. The Kier molecular flexibility index (Phi) is 3.97. The van der Waals surface area contributed by atoms with Gasteiger partial charge in [0.2, 0.25) is 5.91 Å². The Hall–Kier alpha value is -2.77. The molecule has 1 aromatic carbocycles. The number of aromatic nitrogens is 1. The molecule has 4 N–H and O–H groups in total. The molecule has 0 bridgehead atoms. The van der Waals surface area contributed by atoms with Gasteiger partial charge < -0.3 is 16.2 Å². The Morgan fingerprint density at radius 2 is 2.05 bits per heavy atom. The van der Waals surface area contributed by atoms with E-state index in [4.69, 9.17) is 10.8 Å². The normalized spacial score (nSPS) is 12.1. The number of benzene rings is 1. The number of anilines is 1. The van der Waals surface area contributed by atoms with Crippen molar-refractivity contribution >= 4 is 28.5 Å². The van der Waals surface area contributed by atoms with E-state index in [9.17, 15) is 18.4 Å². The quantitative estimate of drug-likeness (QED) is 0.770. The van der Waals surface area contributed by atoms with E-state index in [1.54, 1.807) is 0 Å². The lowest BCUT2D eigenvalue weighted by Gasteiger charge is -2.15. The fourth-order valence-electron chi connectivity index (χ4n) is 1.89. The van der Waals surface area contributed by atoms with E-state index in [-0.39, 0.29) is 16.6 Å². The van der Waals surface area contributed by atoms with Crippen LogP contribution in [0.3, 0.4) is 0 Å². The second-order valence-electron chi connectivity index (χ2n) is 4.35. The van der Waals surface area contributed by atoms with Gasteiger partial charge in [-0.1, -0.05) is 0 Å². The standard InChI is InChI=1S/C13H11F2N3O3/c14-6-3-8-7(9(15)4-6)1-2-17-12(8)18-10(13(20)21)5-11(16)19/h1-4,10H,5H2,(H2,16,19)(H,17,18)(H,20,21). The SMILES string of the molecule is NC(=O)CC(Nc1nccc2c(F)cc(F)cc12)C(=O)O. The zero-order valence-electron chi connectivity index (χ0n) is 10.6. The number of rotatable bonds is 5. The Labute approximate surface area is 117 Å². The van der Waals surface area contributed by atoms with Crippen molar-refractivity contribution in [2.75, 3.05) is 5.32 Å². The molecule has 1 unspecified atom stereocenters. The predicted octanol–water partition coefficient (Wildman–Crippen LogP) is 1.25. The Balaban J connectivity index is 2.46.